The zero-order chi connectivity index (χ0) is 21.3. The molecule has 2 N–H and O–H groups in total. The number of amides is 3. The number of aryl methyl sites for hydroxylation is 1. The molecule has 7 nitrogen and oxygen atoms in total. The molecule has 0 spiro atoms. The van der Waals surface area contributed by atoms with Crippen LogP contribution in [-0.2, 0) is 20.7 Å². The zero-order valence-electron chi connectivity index (χ0n) is 16.3. The summed E-state index contributed by atoms with van der Waals surface area (Å²) in [6, 6.07) is 13.2. The van der Waals surface area contributed by atoms with Gasteiger partial charge in [0.1, 0.15) is 13.2 Å². The Hall–Kier alpha value is -3.32. The minimum absolute atomic E-state index is 0.0681. The second-order valence-corrected chi connectivity index (χ2v) is 7.39. The number of anilines is 1. The van der Waals surface area contributed by atoms with Crippen molar-refractivity contribution in [3.8, 4) is 0 Å². The fourth-order valence-electron chi connectivity index (χ4n) is 3.70. The third kappa shape index (κ3) is 3.64. The van der Waals surface area contributed by atoms with Gasteiger partial charge in [0.05, 0.1) is 17.3 Å². The van der Waals surface area contributed by atoms with Crippen LogP contribution in [0.5, 0.6) is 0 Å². The molecule has 3 amide bonds. The summed E-state index contributed by atoms with van der Waals surface area (Å²) in [5, 5.41) is 6.05. The molecule has 2 aliphatic rings. The molecule has 0 fully saturated rings. The van der Waals surface area contributed by atoms with Crippen LogP contribution in [0.25, 0.3) is 0 Å². The molecule has 2 aromatic carbocycles. The van der Waals surface area contributed by atoms with E-state index in [4.69, 9.17) is 16.3 Å². The average molecular weight is 426 g/mol. The highest BCUT2D eigenvalue weighted by Crippen LogP contribution is 2.37. The van der Waals surface area contributed by atoms with Crippen LogP contribution in [0.2, 0.25) is 5.02 Å². The molecule has 2 aliphatic heterocycles. The number of halogens is 1. The molecular weight excluding hydrogens is 406 g/mol. The van der Waals surface area contributed by atoms with Gasteiger partial charge in [0.2, 0.25) is 5.91 Å². The molecule has 0 unspecified atom stereocenters. The summed E-state index contributed by atoms with van der Waals surface area (Å²) < 4.78 is 5.18. The van der Waals surface area contributed by atoms with Gasteiger partial charge in [-0.15, -0.1) is 0 Å². The van der Waals surface area contributed by atoms with Gasteiger partial charge >= 0.3 is 12.0 Å². The number of rotatable bonds is 5. The molecule has 30 heavy (non-hydrogen) atoms. The van der Waals surface area contributed by atoms with Gasteiger partial charge in [0.25, 0.3) is 0 Å². The highest BCUT2D eigenvalue weighted by Gasteiger charge is 2.43. The molecule has 1 atom stereocenters. The number of para-hydroxylation sites is 1. The number of urea groups is 1. The first-order valence-corrected chi connectivity index (χ1v) is 9.97. The zero-order valence-corrected chi connectivity index (χ0v) is 17.0. The molecule has 154 valence electrons. The maximum absolute atomic E-state index is 12.8. The van der Waals surface area contributed by atoms with E-state index in [1.807, 2.05) is 31.2 Å². The van der Waals surface area contributed by atoms with Gasteiger partial charge in [-0.3, -0.25) is 9.69 Å². The number of esters is 1. The molecule has 4 rings (SSSR count). The topological polar surface area (TPSA) is 87.7 Å². The Morgan fingerprint density at radius 1 is 1.20 bits per heavy atom. The van der Waals surface area contributed by atoms with Crippen LogP contribution in [0.3, 0.4) is 0 Å². The monoisotopic (exact) mass is 425 g/mol. The summed E-state index contributed by atoms with van der Waals surface area (Å²) in [5.41, 5.74) is 2.97. The number of carbonyl (C=O) groups is 3. The predicted molar refractivity (Wildman–Crippen MR) is 112 cm³/mol. The van der Waals surface area contributed by atoms with Gasteiger partial charge in [0.15, 0.2) is 0 Å². The second kappa shape index (κ2) is 8.20. The van der Waals surface area contributed by atoms with E-state index in [1.54, 1.807) is 24.3 Å². The van der Waals surface area contributed by atoms with Gasteiger partial charge in [0, 0.05) is 10.7 Å². The van der Waals surface area contributed by atoms with E-state index in [0.717, 1.165) is 12.0 Å². The van der Waals surface area contributed by atoms with Crippen molar-refractivity contribution in [3.05, 3.63) is 76.0 Å². The van der Waals surface area contributed by atoms with Gasteiger partial charge in [-0.25, -0.2) is 9.59 Å². The number of hydrogen-bond donors (Lipinski definition) is 2. The van der Waals surface area contributed by atoms with Crippen LogP contribution in [-0.4, -0.2) is 36.0 Å². The Bertz CT molecular complexity index is 1070. The van der Waals surface area contributed by atoms with E-state index in [2.05, 4.69) is 10.6 Å². The number of nitrogens with one attached hydrogen (secondary N) is 2. The normalized spacial score (nSPS) is 18.1. The lowest BCUT2D eigenvalue weighted by Crippen LogP contribution is -2.49. The lowest BCUT2D eigenvalue weighted by Gasteiger charge is -2.32. The fourth-order valence-corrected chi connectivity index (χ4v) is 3.95. The van der Waals surface area contributed by atoms with Crippen LogP contribution in [0.1, 0.15) is 24.1 Å². The third-order valence-corrected chi connectivity index (χ3v) is 5.53. The Labute approximate surface area is 178 Å². The molecular formula is C22H20ClN3O4. The van der Waals surface area contributed by atoms with Gasteiger partial charge < -0.3 is 15.4 Å². The summed E-state index contributed by atoms with van der Waals surface area (Å²) in [4.78, 5) is 39.2. The molecule has 2 heterocycles. The van der Waals surface area contributed by atoms with Crippen LogP contribution in [0.4, 0.5) is 10.5 Å². The number of nitrogens with zero attached hydrogens (tertiary/aromatic N) is 1. The first-order valence-electron chi connectivity index (χ1n) is 9.60. The first kappa shape index (κ1) is 20.0. The maximum Gasteiger partial charge on any atom is 0.338 e. The van der Waals surface area contributed by atoms with E-state index in [-0.39, 0.29) is 19.1 Å². The van der Waals surface area contributed by atoms with Crippen molar-refractivity contribution in [3.63, 3.8) is 0 Å². The van der Waals surface area contributed by atoms with E-state index in [9.17, 15) is 14.4 Å². The van der Waals surface area contributed by atoms with Gasteiger partial charge in [-0.1, -0.05) is 54.9 Å². The molecule has 0 radical (unpaired) electrons. The molecule has 2 aromatic rings. The summed E-state index contributed by atoms with van der Waals surface area (Å²) in [6.07, 6.45) is 0.762. The van der Waals surface area contributed by atoms with E-state index >= 15 is 0 Å². The number of ether oxygens (including phenoxy) is 1. The summed E-state index contributed by atoms with van der Waals surface area (Å²) >= 11 is 6.28. The number of hydrogen-bond acceptors (Lipinski definition) is 4. The van der Waals surface area contributed by atoms with E-state index in [0.29, 0.717) is 27.5 Å². The minimum Gasteiger partial charge on any atom is -0.456 e. The first-order chi connectivity index (χ1) is 14.5. The smallest absolute Gasteiger partial charge is 0.338 e. The van der Waals surface area contributed by atoms with E-state index < -0.39 is 18.0 Å². The second-order valence-electron chi connectivity index (χ2n) is 6.99. The van der Waals surface area contributed by atoms with Gasteiger partial charge in [-0.05, 0) is 29.7 Å². The lowest BCUT2D eigenvalue weighted by atomic mass is 9.95. The molecule has 8 heteroatoms. The van der Waals surface area contributed by atoms with Crippen molar-refractivity contribution in [2.45, 2.75) is 19.4 Å². The molecule has 0 aliphatic carbocycles. The van der Waals surface area contributed by atoms with Gasteiger partial charge in [-0.2, -0.15) is 0 Å². The third-order valence-electron chi connectivity index (χ3n) is 5.19. The standard InChI is InChI=1S/C22H20ClN3O4/c1-2-13-7-3-6-10-16(13)24-18(27)11-26-17-12-30-21(28)19(17)20(25-22(26)29)14-8-4-5-9-15(14)23/h3-10,20H,2,11-12H2,1H3,(H,24,27)(H,25,29)/t20-/m0/s1. The van der Waals surface area contributed by atoms with E-state index in [1.165, 1.54) is 4.90 Å². The lowest BCUT2D eigenvalue weighted by molar-refractivity contribution is -0.136. The summed E-state index contributed by atoms with van der Waals surface area (Å²) in [6.45, 7) is 1.69. The minimum atomic E-state index is -0.726. The molecule has 0 saturated carbocycles. The molecule has 0 aromatic heterocycles. The van der Waals surface area contributed by atoms with Crippen LogP contribution in [0.15, 0.2) is 59.8 Å². The van der Waals surface area contributed by atoms with Crippen LogP contribution < -0.4 is 10.6 Å². The Kier molecular flexibility index (Phi) is 5.46. The quantitative estimate of drug-likeness (QED) is 0.718. The van der Waals surface area contributed by atoms with Crippen molar-refractivity contribution in [1.29, 1.82) is 0 Å². The fraction of sp³-hybridized carbons (Fsp3) is 0.227. The van der Waals surface area contributed by atoms with Crippen LogP contribution >= 0.6 is 11.6 Å². The van der Waals surface area contributed by atoms with Crippen molar-refractivity contribution < 1.29 is 19.1 Å². The SMILES string of the molecule is CCc1ccccc1NC(=O)CN1C(=O)N[C@@H](c2ccccc2Cl)C2=C1COC2=O. The van der Waals surface area contributed by atoms with Crippen molar-refractivity contribution in [1.82, 2.24) is 10.2 Å². The number of carbonyl (C=O) groups excluding carboxylic acids is 3. The Morgan fingerprint density at radius 2 is 1.93 bits per heavy atom. The number of benzene rings is 2. The summed E-state index contributed by atoms with van der Waals surface area (Å²) in [5.74, 6) is -0.898. The summed E-state index contributed by atoms with van der Waals surface area (Å²) in [7, 11) is 0. The van der Waals surface area contributed by atoms with Crippen molar-refractivity contribution in [2.24, 2.45) is 0 Å². The number of cyclic esters (lactones) is 1. The molecule has 0 saturated heterocycles. The van der Waals surface area contributed by atoms with Crippen LogP contribution in [0, 0.1) is 0 Å². The Balaban J connectivity index is 1.61. The largest absolute Gasteiger partial charge is 0.456 e. The average Bonchev–Trinajstić information content (AvgIpc) is 3.12. The van der Waals surface area contributed by atoms with Crippen molar-refractivity contribution in [2.75, 3.05) is 18.5 Å². The molecule has 0 bridgehead atoms. The maximum atomic E-state index is 12.8. The Morgan fingerprint density at radius 3 is 2.70 bits per heavy atom. The highest BCUT2D eigenvalue weighted by molar-refractivity contribution is 6.31. The predicted octanol–water partition coefficient (Wildman–Crippen LogP) is 3.42. The van der Waals surface area contributed by atoms with Crippen molar-refractivity contribution >= 4 is 35.2 Å². The highest BCUT2D eigenvalue weighted by atomic mass is 35.5.